The monoisotopic (exact) mass is 351 g/mol. The summed E-state index contributed by atoms with van der Waals surface area (Å²) in [6.45, 7) is 0. The van der Waals surface area contributed by atoms with E-state index >= 15 is 0 Å². The second-order valence-corrected chi connectivity index (χ2v) is 5.82. The molecule has 0 aliphatic heterocycles. The molecule has 2 aromatic carbocycles. The van der Waals surface area contributed by atoms with E-state index in [0.717, 1.165) is 11.4 Å². The Kier molecular flexibility index (Phi) is 4.66. The van der Waals surface area contributed by atoms with Gasteiger partial charge in [0.15, 0.2) is 0 Å². The minimum Gasteiger partial charge on any atom is -0.377 e. The Morgan fingerprint density at radius 3 is 2.50 bits per heavy atom. The molecule has 0 spiro atoms. The molecule has 0 aliphatic rings. The molecule has 1 amide bonds. The molecule has 0 aliphatic carbocycles. The van der Waals surface area contributed by atoms with Crippen molar-refractivity contribution in [2.45, 2.75) is 0 Å². The second-order valence-electron chi connectivity index (χ2n) is 5.82. The van der Waals surface area contributed by atoms with E-state index in [-0.39, 0.29) is 11.3 Å². The highest BCUT2D eigenvalue weighted by Gasteiger charge is 2.18. The first kappa shape index (κ1) is 17.2. The number of carbonyl (C=O) groups excluding carboxylic acids is 1. The lowest BCUT2D eigenvalue weighted by Crippen LogP contribution is -2.18. The average molecular weight is 351 g/mol. The van der Waals surface area contributed by atoms with Gasteiger partial charge in [-0.2, -0.15) is 0 Å². The van der Waals surface area contributed by atoms with Crippen molar-refractivity contribution >= 4 is 23.0 Å². The standard InChI is InChI=1S/C18H17N5O3/c1-22(2)16-8-7-14(23(25)26)11-15(16)18(24)21-13-5-3-12(4-6-13)17-19-9-10-20-17/h3-11H,1-2H3,(H,19,20)(H,21,24). The van der Waals surface area contributed by atoms with Crippen LogP contribution in [0, 0.1) is 10.1 Å². The zero-order valence-electron chi connectivity index (χ0n) is 14.3. The molecule has 2 N–H and O–H groups in total. The first-order valence-electron chi connectivity index (χ1n) is 7.82. The van der Waals surface area contributed by atoms with Crippen LogP contribution < -0.4 is 10.2 Å². The summed E-state index contributed by atoms with van der Waals surface area (Å²) in [7, 11) is 3.55. The summed E-state index contributed by atoms with van der Waals surface area (Å²) >= 11 is 0. The fraction of sp³-hybridized carbons (Fsp3) is 0.111. The zero-order valence-corrected chi connectivity index (χ0v) is 14.3. The molecule has 8 heteroatoms. The maximum atomic E-state index is 12.6. The van der Waals surface area contributed by atoms with Crippen LogP contribution in [0.4, 0.5) is 17.1 Å². The smallest absolute Gasteiger partial charge is 0.270 e. The molecule has 26 heavy (non-hydrogen) atoms. The lowest BCUT2D eigenvalue weighted by molar-refractivity contribution is -0.384. The van der Waals surface area contributed by atoms with Crippen LogP contribution in [-0.2, 0) is 0 Å². The third-order valence-electron chi connectivity index (χ3n) is 3.83. The SMILES string of the molecule is CN(C)c1ccc([N+](=O)[O-])cc1C(=O)Nc1ccc(-c2ncc[nH]2)cc1. The average Bonchev–Trinajstić information content (AvgIpc) is 3.16. The number of hydrogen-bond acceptors (Lipinski definition) is 5. The summed E-state index contributed by atoms with van der Waals surface area (Å²) < 4.78 is 0. The molecule has 0 radical (unpaired) electrons. The largest absolute Gasteiger partial charge is 0.377 e. The number of imidazole rings is 1. The highest BCUT2D eigenvalue weighted by molar-refractivity contribution is 6.08. The van der Waals surface area contributed by atoms with Crippen LogP contribution >= 0.6 is 0 Å². The van der Waals surface area contributed by atoms with Gasteiger partial charge in [-0.1, -0.05) is 0 Å². The van der Waals surface area contributed by atoms with Crippen molar-refractivity contribution < 1.29 is 9.72 Å². The number of amides is 1. The van der Waals surface area contributed by atoms with Crippen molar-refractivity contribution in [3.05, 3.63) is 70.5 Å². The van der Waals surface area contributed by atoms with Gasteiger partial charge in [-0.25, -0.2) is 4.98 Å². The van der Waals surface area contributed by atoms with E-state index in [4.69, 9.17) is 0 Å². The predicted molar refractivity (Wildman–Crippen MR) is 99.4 cm³/mol. The number of rotatable bonds is 5. The van der Waals surface area contributed by atoms with Crippen molar-refractivity contribution in [3.8, 4) is 11.4 Å². The highest BCUT2D eigenvalue weighted by atomic mass is 16.6. The van der Waals surface area contributed by atoms with Gasteiger partial charge in [0.1, 0.15) is 5.82 Å². The van der Waals surface area contributed by atoms with Gasteiger partial charge in [-0.05, 0) is 30.3 Å². The summed E-state index contributed by atoms with van der Waals surface area (Å²) in [5.41, 5.74) is 2.17. The van der Waals surface area contributed by atoms with Crippen molar-refractivity contribution in [3.63, 3.8) is 0 Å². The van der Waals surface area contributed by atoms with Crippen LogP contribution in [0.5, 0.6) is 0 Å². The van der Waals surface area contributed by atoms with E-state index in [9.17, 15) is 14.9 Å². The van der Waals surface area contributed by atoms with E-state index in [2.05, 4.69) is 15.3 Å². The molecule has 0 unspecified atom stereocenters. The van der Waals surface area contributed by atoms with Crippen molar-refractivity contribution in [2.24, 2.45) is 0 Å². The van der Waals surface area contributed by atoms with Crippen molar-refractivity contribution in [1.29, 1.82) is 0 Å². The van der Waals surface area contributed by atoms with Crippen molar-refractivity contribution in [2.75, 3.05) is 24.3 Å². The van der Waals surface area contributed by atoms with E-state index in [1.54, 1.807) is 49.6 Å². The molecule has 0 saturated heterocycles. The lowest BCUT2D eigenvalue weighted by Gasteiger charge is -2.17. The number of carbonyl (C=O) groups is 1. The molecule has 0 atom stereocenters. The topological polar surface area (TPSA) is 104 Å². The van der Waals surface area contributed by atoms with Gasteiger partial charge < -0.3 is 15.2 Å². The number of anilines is 2. The number of nitro benzene ring substituents is 1. The van der Waals surface area contributed by atoms with Gasteiger partial charge in [0.25, 0.3) is 11.6 Å². The normalized spacial score (nSPS) is 10.4. The van der Waals surface area contributed by atoms with E-state index in [1.807, 2.05) is 12.1 Å². The molecule has 3 aromatic rings. The van der Waals surface area contributed by atoms with Crippen LogP contribution in [0.1, 0.15) is 10.4 Å². The van der Waals surface area contributed by atoms with Crippen LogP contribution in [0.3, 0.4) is 0 Å². The van der Waals surface area contributed by atoms with Crippen LogP contribution in [0.25, 0.3) is 11.4 Å². The molecule has 0 saturated carbocycles. The Hall–Kier alpha value is -3.68. The fourth-order valence-corrected chi connectivity index (χ4v) is 2.54. The molecule has 1 heterocycles. The minimum absolute atomic E-state index is 0.131. The lowest BCUT2D eigenvalue weighted by atomic mass is 10.1. The molecule has 0 fully saturated rings. The Labute approximate surface area is 149 Å². The van der Waals surface area contributed by atoms with Gasteiger partial charge in [-0.3, -0.25) is 14.9 Å². The first-order valence-corrected chi connectivity index (χ1v) is 7.82. The maximum Gasteiger partial charge on any atom is 0.270 e. The highest BCUT2D eigenvalue weighted by Crippen LogP contribution is 2.25. The van der Waals surface area contributed by atoms with Crippen LogP contribution in [0.15, 0.2) is 54.9 Å². The number of nitrogens with zero attached hydrogens (tertiary/aromatic N) is 3. The molecule has 0 bridgehead atoms. The number of non-ortho nitro benzene ring substituents is 1. The zero-order chi connectivity index (χ0) is 18.7. The quantitative estimate of drug-likeness (QED) is 0.542. The summed E-state index contributed by atoms with van der Waals surface area (Å²) in [5, 5.41) is 13.8. The molecule has 1 aromatic heterocycles. The van der Waals surface area contributed by atoms with Gasteiger partial charge in [-0.15, -0.1) is 0 Å². The number of H-pyrrole nitrogens is 1. The maximum absolute atomic E-state index is 12.6. The fourth-order valence-electron chi connectivity index (χ4n) is 2.54. The summed E-state index contributed by atoms with van der Waals surface area (Å²) in [6, 6.07) is 11.4. The summed E-state index contributed by atoms with van der Waals surface area (Å²) in [6.07, 6.45) is 3.40. The number of nitrogens with one attached hydrogen (secondary N) is 2. The Balaban J connectivity index is 1.85. The molecule has 8 nitrogen and oxygen atoms in total. The number of nitro groups is 1. The third kappa shape index (κ3) is 3.54. The third-order valence-corrected chi connectivity index (χ3v) is 3.83. The first-order chi connectivity index (χ1) is 12.5. The van der Waals surface area contributed by atoms with Gasteiger partial charge in [0.05, 0.1) is 10.5 Å². The number of aromatic nitrogens is 2. The van der Waals surface area contributed by atoms with Gasteiger partial charge >= 0.3 is 0 Å². The van der Waals surface area contributed by atoms with Crippen LogP contribution in [-0.4, -0.2) is 34.9 Å². The predicted octanol–water partition coefficient (Wildman–Crippen LogP) is 3.30. The summed E-state index contributed by atoms with van der Waals surface area (Å²) in [4.78, 5) is 32.1. The van der Waals surface area contributed by atoms with E-state index in [1.165, 1.54) is 12.1 Å². The minimum atomic E-state index is -0.519. The number of hydrogen-bond donors (Lipinski definition) is 2. The van der Waals surface area contributed by atoms with E-state index in [0.29, 0.717) is 11.4 Å². The van der Waals surface area contributed by atoms with Gasteiger partial charge in [0, 0.05) is 55.6 Å². The molecule has 132 valence electrons. The molecular formula is C18H17N5O3. The van der Waals surface area contributed by atoms with E-state index < -0.39 is 10.8 Å². The van der Waals surface area contributed by atoms with Gasteiger partial charge in [0.2, 0.25) is 0 Å². The Morgan fingerprint density at radius 1 is 1.19 bits per heavy atom. The Morgan fingerprint density at radius 2 is 1.92 bits per heavy atom. The molecule has 3 rings (SSSR count). The second kappa shape index (κ2) is 7.06. The van der Waals surface area contributed by atoms with Crippen LogP contribution in [0.2, 0.25) is 0 Å². The Bertz CT molecular complexity index is 934. The molecular weight excluding hydrogens is 334 g/mol. The number of aromatic amines is 1. The summed E-state index contributed by atoms with van der Waals surface area (Å²) in [5.74, 6) is 0.319. The van der Waals surface area contributed by atoms with Crippen molar-refractivity contribution in [1.82, 2.24) is 9.97 Å². The number of benzene rings is 2.